The van der Waals surface area contributed by atoms with E-state index in [-0.39, 0.29) is 5.91 Å². The summed E-state index contributed by atoms with van der Waals surface area (Å²) in [6.07, 6.45) is 2.32. The molecule has 104 valence electrons. The number of hydrogen-bond acceptors (Lipinski definition) is 2. The lowest BCUT2D eigenvalue weighted by Crippen LogP contribution is -2.40. The number of piperidine rings is 1. The summed E-state index contributed by atoms with van der Waals surface area (Å²) in [4.78, 5) is 16.5. The van der Waals surface area contributed by atoms with Crippen LogP contribution in [-0.2, 0) is 0 Å². The molecule has 0 N–H and O–H groups in total. The Hall–Kier alpha value is -1.03. The lowest BCUT2D eigenvalue weighted by atomic mass is 9.99. The topological polar surface area (TPSA) is 23.6 Å². The number of hydrogen-bond donors (Lipinski definition) is 0. The van der Waals surface area contributed by atoms with Gasteiger partial charge in [-0.1, -0.05) is 22.0 Å². The monoisotopic (exact) mass is 324 g/mol. The van der Waals surface area contributed by atoms with Crippen molar-refractivity contribution in [2.75, 3.05) is 37.4 Å². The standard InChI is InChI=1S/C15H21BrN2O/c1-17(2)14-7-3-6-13(9-14)15(19)18-8-4-5-12(10-16)11-18/h3,6-7,9,12H,4-5,8,10-11H2,1-2H3. The second-order valence-corrected chi connectivity index (χ2v) is 6.01. The van der Waals surface area contributed by atoms with E-state index in [1.165, 1.54) is 6.42 Å². The molecule has 0 radical (unpaired) electrons. The molecule has 1 amide bonds. The molecule has 0 aliphatic carbocycles. The van der Waals surface area contributed by atoms with Crippen molar-refractivity contribution in [2.24, 2.45) is 5.92 Å². The smallest absolute Gasteiger partial charge is 0.253 e. The number of nitrogens with zero attached hydrogens (tertiary/aromatic N) is 2. The van der Waals surface area contributed by atoms with Crippen molar-refractivity contribution < 1.29 is 4.79 Å². The third-order valence-electron chi connectivity index (χ3n) is 3.63. The Morgan fingerprint density at radius 3 is 2.95 bits per heavy atom. The number of likely N-dealkylation sites (tertiary alicyclic amines) is 1. The van der Waals surface area contributed by atoms with Crippen LogP contribution in [0, 0.1) is 5.92 Å². The van der Waals surface area contributed by atoms with Crippen LogP contribution < -0.4 is 4.90 Å². The summed E-state index contributed by atoms with van der Waals surface area (Å²) in [5.74, 6) is 0.754. The van der Waals surface area contributed by atoms with Crippen molar-refractivity contribution in [1.29, 1.82) is 0 Å². The van der Waals surface area contributed by atoms with Crippen LogP contribution in [0.5, 0.6) is 0 Å². The highest BCUT2D eigenvalue weighted by Gasteiger charge is 2.23. The summed E-state index contributed by atoms with van der Waals surface area (Å²) in [6, 6.07) is 7.86. The molecule has 2 rings (SSSR count). The molecule has 1 heterocycles. The third-order valence-corrected chi connectivity index (χ3v) is 4.55. The fourth-order valence-electron chi connectivity index (χ4n) is 2.48. The van der Waals surface area contributed by atoms with Crippen LogP contribution in [0.25, 0.3) is 0 Å². The molecule has 3 nitrogen and oxygen atoms in total. The summed E-state index contributed by atoms with van der Waals surface area (Å²) in [6.45, 7) is 1.75. The van der Waals surface area contributed by atoms with E-state index in [0.717, 1.165) is 36.1 Å². The minimum absolute atomic E-state index is 0.161. The van der Waals surface area contributed by atoms with Gasteiger partial charge in [-0.15, -0.1) is 0 Å². The van der Waals surface area contributed by atoms with E-state index in [4.69, 9.17) is 0 Å². The van der Waals surface area contributed by atoms with Crippen LogP contribution in [0.1, 0.15) is 23.2 Å². The van der Waals surface area contributed by atoms with E-state index in [0.29, 0.717) is 5.92 Å². The summed E-state index contributed by atoms with van der Waals surface area (Å²) in [5.41, 5.74) is 1.86. The fraction of sp³-hybridized carbons (Fsp3) is 0.533. The van der Waals surface area contributed by atoms with Gasteiger partial charge in [0.05, 0.1) is 0 Å². The van der Waals surface area contributed by atoms with Gasteiger partial charge in [-0.05, 0) is 37.0 Å². The quantitative estimate of drug-likeness (QED) is 0.798. The summed E-state index contributed by atoms with van der Waals surface area (Å²) in [7, 11) is 3.98. The van der Waals surface area contributed by atoms with Crippen molar-refractivity contribution in [3.05, 3.63) is 29.8 Å². The first-order valence-electron chi connectivity index (χ1n) is 6.74. The van der Waals surface area contributed by atoms with Crippen molar-refractivity contribution in [1.82, 2.24) is 4.90 Å². The minimum atomic E-state index is 0.161. The molecule has 0 bridgehead atoms. The highest BCUT2D eigenvalue weighted by Crippen LogP contribution is 2.21. The molecule has 1 aromatic rings. The molecule has 0 aromatic heterocycles. The van der Waals surface area contributed by atoms with Crippen LogP contribution in [0.4, 0.5) is 5.69 Å². The maximum absolute atomic E-state index is 12.5. The van der Waals surface area contributed by atoms with E-state index in [1.807, 2.05) is 48.2 Å². The van der Waals surface area contributed by atoms with E-state index in [2.05, 4.69) is 15.9 Å². The Kier molecular flexibility index (Phi) is 4.86. The van der Waals surface area contributed by atoms with Crippen LogP contribution in [0.2, 0.25) is 0 Å². The Bertz CT molecular complexity index is 448. The Morgan fingerprint density at radius 2 is 2.26 bits per heavy atom. The second-order valence-electron chi connectivity index (χ2n) is 5.36. The zero-order chi connectivity index (χ0) is 13.8. The van der Waals surface area contributed by atoms with Gasteiger partial charge in [0, 0.05) is 43.8 Å². The molecule has 1 aliphatic heterocycles. The van der Waals surface area contributed by atoms with Gasteiger partial charge in [-0.3, -0.25) is 4.79 Å². The molecule has 1 aliphatic rings. The summed E-state index contributed by atoms with van der Waals surface area (Å²) in [5, 5.41) is 0.981. The molecule has 1 unspecified atom stereocenters. The number of carbonyl (C=O) groups excluding carboxylic acids is 1. The summed E-state index contributed by atoms with van der Waals surface area (Å²) < 4.78 is 0. The van der Waals surface area contributed by atoms with Crippen molar-refractivity contribution in [2.45, 2.75) is 12.8 Å². The van der Waals surface area contributed by atoms with Gasteiger partial charge in [0.1, 0.15) is 0 Å². The van der Waals surface area contributed by atoms with Crippen molar-refractivity contribution >= 4 is 27.5 Å². The zero-order valence-electron chi connectivity index (χ0n) is 11.6. The number of amides is 1. The average molecular weight is 325 g/mol. The van der Waals surface area contributed by atoms with Crippen LogP contribution in [0.15, 0.2) is 24.3 Å². The van der Waals surface area contributed by atoms with Gasteiger partial charge in [-0.2, -0.15) is 0 Å². The maximum Gasteiger partial charge on any atom is 0.253 e. The van der Waals surface area contributed by atoms with E-state index in [9.17, 15) is 4.79 Å². The molecule has 1 saturated heterocycles. The minimum Gasteiger partial charge on any atom is -0.378 e. The Labute approximate surface area is 123 Å². The number of anilines is 1. The first-order valence-corrected chi connectivity index (χ1v) is 7.86. The molecule has 1 aromatic carbocycles. The molecule has 4 heteroatoms. The lowest BCUT2D eigenvalue weighted by molar-refractivity contribution is 0.0686. The lowest BCUT2D eigenvalue weighted by Gasteiger charge is -2.32. The Morgan fingerprint density at radius 1 is 1.47 bits per heavy atom. The van der Waals surface area contributed by atoms with Gasteiger partial charge in [-0.25, -0.2) is 0 Å². The molecule has 1 atom stereocenters. The molecule has 1 fully saturated rings. The van der Waals surface area contributed by atoms with Crippen LogP contribution >= 0.6 is 15.9 Å². The van der Waals surface area contributed by atoms with Gasteiger partial charge in [0.2, 0.25) is 0 Å². The van der Waals surface area contributed by atoms with Gasteiger partial charge < -0.3 is 9.80 Å². The van der Waals surface area contributed by atoms with Gasteiger partial charge >= 0.3 is 0 Å². The van der Waals surface area contributed by atoms with Crippen LogP contribution in [-0.4, -0.2) is 43.3 Å². The van der Waals surface area contributed by atoms with Crippen molar-refractivity contribution in [3.63, 3.8) is 0 Å². The summed E-state index contributed by atoms with van der Waals surface area (Å²) >= 11 is 3.53. The second kappa shape index (κ2) is 6.42. The fourth-order valence-corrected chi connectivity index (χ4v) is 3.00. The normalized spacial score (nSPS) is 19.3. The zero-order valence-corrected chi connectivity index (χ0v) is 13.2. The molecule has 0 saturated carbocycles. The molecular weight excluding hydrogens is 304 g/mol. The van der Waals surface area contributed by atoms with E-state index >= 15 is 0 Å². The van der Waals surface area contributed by atoms with E-state index < -0.39 is 0 Å². The Balaban J connectivity index is 2.12. The first kappa shape index (κ1) is 14.4. The van der Waals surface area contributed by atoms with Gasteiger partial charge in [0.25, 0.3) is 5.91 Å². The predicted octanol–water partition coefficient (Wildman–Crippen LogP) is 3.00. The average Bonchev–Trinajstić information content (AvgIpc) is 2.46. The predicted molar refractivity (Wildman–Crippen MR) is 83.2 cm³/mol. The number of alkyl halides is 1. The largest absolute Gasteiger partial charge is 0.378 e. The molecular formula is C15H21BrN2O. The van der Waals surface area contributed by atoms with Crippen molar-refractivity contribution in [3.8, 4) is 0 Å². The van der Waals surface area contributed by atoms with Crippen LogP contribution in [0.3, 0.4) is 0 Å². The number of rotatable bonds is 3. The maximum atomic E-state index is 12.5. The first-order chi connectivity index (χ1) is 9.11. The highest BCUT2D eigenvalue weighted by atomic mass is 79.9. The number of benzene rings is 1. The molecule has 0 spiro atoms. The third kappa shape index (κ3) is 3.50. The number of carbonyl (C=O) groups is 1. The highest BCUT2D eigenvalue weighted by molar-refractivity contribution is 9.09. The SMILES string of the molecule is CN(C)c1cccc(C(=O)N2CCCC(CBr)C2)c1. The molecule has 19 heavy (non-hydrogen) atoms. The van der Waals surface area contributed by atoms with Gasteiger partial charge in [0.15, 0.2) is 0 Å². The number of halogens is 1. The van der Waals surface area contributed by atoms with E-state index in [1.54, 1.807) is 0 Å².